The van der Waals surface area contributed by atoms with Crippen molar-refractivity contribution in [3.8, 4) is 5.75 Å². The van der Waals surface area contributed by atoms with Crippen LogP contribution in [-0.4, -0.2) is 86.9 Å². The van der Waals surface area contributed by atoms with E-state index in [-0.39, 0.29) is 5.91 Å². The van der Waals surface area contributed by atoms with Gasteiger partial charge in [-0.1, -0.05) is 18.2 Å². The van der Waals surface area contributed by atoms with Gasteiger partial charge in [-0.05, 0) is 23.8 Å². The maximum atomic E-state index is 12.2. The third-order valence-corrected chi connectivity index (χ3v) is 6.06. The number of rotatable bonds is 7. The Kier molecular flexibility index (Phi) is 7.81. The van der Waals surface area contributed by atoms with Crippen molar-refractivity contribution in [1.82, 2.24) is 14.9 Å². The summed E-state index contributed by atoms with van der Waals surface area (Å²) in [7, 11) is 1.65. The molecule has 0 atom stereocenters. The highest BCUT2D eigenvalue weighted by Crippen LogP contribution is 2.32. The van der Waals surface area contributed by atoms with Gasteiger partial charge in [-0.15, -0.1) is 0 Å². The number of amides is 1. The van der Waals surface area contributed by atoms with Crippen molar-refractivity contribution in [2.45, 2.75) is 6.42 Å². The number of hydrogen-bond acceptors (Lipinski definition) is 9. The molecule has 10 heteroatoms. The average molecular weight is 468 g/mol. The molecule has 3 heterocycles. The summed E-state index contributed by atoms with van der Waals surface area (Å²) in [5.41, 5.74) is 13.7. The fourth-order valence-electron chi connectivity index (χ4n) is 4.13. The van der Waals surface area contributed by atoms with Crippen LogP contribution < -0.4 is 26.0 Å². The minimum Gasteiger partial charge on any atom is -0.497 e. The van der Waals surface area contributed by atoms with Gasteiger partial charge in [-0.25, -0.2) is 9.97 Å². The summed E-state index contributed by atoms with van der Waals surface area (Å²) >= 11 is 0. The minimum atomic E-state index is 0.0925. The molecule has 0 unspecified atom stereocenters. The van der Waals surface area contributed by atoms with Crippen LogP contribution in [0.5, 0.6) is 5.75 Å². The Morgan fingerprint density at radius 1 is 1.00 bits per heavy atom. The molecule has 4 rings (SSSR count). The van der Waals surface area contributed by atoms with Crippen LogP contribution in [-0.2, 0) is 9.53 Å². The third kappa shape index (κ3) is 5.57. The highest BCUT2D eigenvalue weighted by molar-refractivity contribution is 5.80. The highest BCUT2D eigenvalue weighted by atomic mass is 16.5. The molecule has 0 saturated carbocycles. The quantitative estimate of drug-likeness (QED) is 0.615. The smallest absolute Gasteiger partial charge is 0.223 e. The Morgan fingerprint density at radius 3 is 2.21 bits per heavy atom. The van der Waals surface area contributed by atoms with Gasteiger partial charge in [-0.2, -0.15) is 0 Å². The van der Waals surface area contributed by atoms with Gasteiger partial charge in [0.05, 0.1) is 20.3 Å². The van der Waals surface area contributed by atoms with Crippen molar-refractivity contribution in [2.24, 2.45) is 5.73 Å². The van der Waals surface area contributed by atoms with E-state index in [0.29, 0.717) is 69.7 Å². The first-order chi connectivity index (χ1) is 16.6. The molecule has 2 aliphatic rings. The number of nitrogens with two attached hydrogens (primary N) is 2. The van der Waals surface area contributed by atoms with E-state index >= 15 is 0 Å². The van der Waals surface area contributed by atoms with Crippen LogP contribution in [0.1, 0.15) is 17.8 Å². The molecule has 34 heavy (non-hydrogen) atoms. The number of ether oxygens (including phenoxy) is 2. The Hall–Kier alpha value is -3.37. The van der Waals surface area contributed by atoms with Crippen molar-refractivity contribution >= 4 is 35.4 Å². The fraction of sp³-hybridized carbons (Fsp3) is 0.458. The van der Waals surface area contributed by atoms with Crippen molar-refractivity contribution in [3.05, 3.63) is 35.7 Å². The molecule has 182 valence electrons. The second-order valence-electron chi connectivity index (χ2n) is 8.26. The standard InChI is InChI=1S/C24H33N7O3/c1-33-19-5-2-18(3-6-19)4-7-20-27-23(22(26)24(28-20)31-14-16-34-17-15-31)30-12-10-29(11-13-30)21(32)8-9-25/h2-7H,8-17,25-26H2,1H3/b7-4+. The van der Waals surface area contributed by atoms with Crippen LogP contribution in [0.25, 0.3) is 12.2 Å². The zero-order chi connectivity index (χ0) is 23.9. The number of aromatic nitrogens is 2. The van der Waals surface area contributed by atoms with E-state index in [1.807, 2.05) is 41.3 Å². The first kappa shape index (κ1) is 23.8. The lowest BCUT2D eigenvalue weighted by molar-refractivity contribution is -0.131. The Morgan fingerprint density at radius 2 is 1.62 bits per heavy atom. The number of carbonyl (C=O) groups is 1. The van der Waals surface area contributed by atoms with E-state index in [9.17, 15) is 4.79 Å². The molecule has 4 N–H and O–H groups in total. The van der Waals surface area contributed by atoms with Gasteiger partial charge in [0.1, 0.15) is 11.4 Å². The lowest BCUT2D eigenvalue weighted by atomic mass is 10.2. The van der Waals surface area contributed by atoms with Crippen LogP contribution in [0.3, 0.4) is 0 Å². The molecule has 1 aromatic carbocycles. The Bertz CT molecular complexity index is 998. The van der Waals surface area contributed by atoms with E-state index in [4.69, 9.17) is 30.9 Å². The molecular formula is C24H33N7O3. The topological polar surface area (TPSA) is 123 Å². The van der Waals surface area contributed by atoms with Crippen LogP contribution in [0.2, 0.25) is 0 Å². The number of nitrogens with zero attached hydrogens (tertiary/aromatic N) is 5. The van der Waals surface area contributed by atoms with E-state index in [2.05, 4.69) is 9.80 Å². The van der Waals surface area contributed by atoms with E-state index < -0.39 is 0 Å². The lowest BCUT2D eigenvalue weighted by Crippen LogP contribution is -2.49. The summed E-state index contributed by atoms with van der Waals surface area (Å²) in [5.74, 6) is 2.92. The largest absolute Gasteiger partial charge is 0.497 e. The summed E-state index contributed by atoms with van der Waals surface area (Å²) in [4.78, 5) is 28.0. The molecule has 0 aliphatic carbocycles. The number of nitrogen functional groups attached to an aromatic ring is 1. The number of piperazine rings is 1. The summed E-state index contributed by atoms with van der Waals surface area (Å²) in [6.07, 6.45) is 4.24. The third-order valence-electron chi connectivity index (χ3n) is 6.06. The highest BCUT2D eigenvalue weighted by Gasteiger charge is 2.26. The fourth-order valence-corrected chi connectivity index (χ4v) is 4.13. The lowest BCUT2D eigenvalue weighted by Gasteiger charge is -2.37. The summed E-state index contributed by atoms with van der Waals surface area (Å²) in [6, 6.07) is 7.79. The SMILES string of the molecule is COc1ccc(/C=C/c2nc(N3CCOCC3)c(N)c(N3CCN(C(=O)CCN)CC3)n2)cc1. The maximum Gasteiger partial charge on any atom is 0.223 e. The van der Waals surface area contributed by atoms with E-state index in [1.54, 1.807) is 7.11 Å². The Balaban J connectivity index is 1.59. The molecule has 1 aromatic heterocycles. The number of methoxy groups -OCH3 is 1. The molecule has 2 saturated heterocycles. The number of hydrogen-bond donors (Lipinski definition) is 2. The number of carbonyl (C=O) groups excluding carboxylic acids is 1. The molecular weight excluding hydrogens is 434 g/mol. The molecule has 0 bridgehead atoms. The first-order valence-electron chi connectivity index (χ1n) is 11.6. The summed E-state index contributed by atoms with van der Waals surface area (Å²) < 4.78 is 10.7. The molecule has 0 spiro atoms. The van der Waals surface area contributed by atoms with Crippen LogP contribution in [0.4, 0.5) is 17.3 Å². The number of benzene rings is 1. The van der Waals surface area contributed by atoms with Gasteiger partial charge in [0.15, 0.2) is 17.5 Å². The van der Waals surface area contributed by atoms with Gasteiger partial charge < -0.3 is 35.6 Å². The second kappa shape index (κ2) is 11.2. The van der Waals surface area contributed by atoms with Crippen LogP contribution in [0.15, 0.2) is 24.3 Å². The predicted molar refractivity (Wildman–Crippen MR) is 134 cm³/mol. The molecule has 10 nitrogen and oxygen atoms in total. The van der Waals surface area contributed by atoms with E-state index in [1.165, 1.54) is 0 Å². The van der Waals surface area contributed by atoms with Crippen molar-refractivity contribution in [1.29, 1.82) is 0 Å². The maximum absolute atomic E-state index is 12.2. The Labute approximate surface area is 200 Å². The van der Waals surface area contributed by atoms with Gasteiger partial charge in [-0.3, -0.25) is 4.79 Å². The number of morpholine rings is 1. The van der Waals surface area contributed by atoms with Crippen LogP contribution >= 0.6 is 0 Å². The first-order valence-corrected chi connectivity index (χ1v) is 11.6. The van der Waals surface area contributed by atoms with Crippen molar-refractivity contribution in [2.75, 3.05) is 81.7 Å². The van der Waals surface area contributed by atoms with Gasteiger partial charge >= 0.3 is 0 Å². The molecule has 2 aliphatic heterocycles. The summed E-state index contributed by atoms with van der Waals surface area (Å²) in [5, 5.41) is 0. The predicted octanol–water partition coefficient (Wildman–Crippen LogP) is 1.07. The minimum absolute atomic E-state index is 0.0925. The summed E-state index contributed by atoms with van der Waals surface area (Å²) in [6.45, 7) is 5.63. The number of anilines is 3. The molecule has 1 amide bonds. The van der Waals surface area contributed by atoms with Gasteiger partial charge in [0, 0.05) is 52.2 Å². The van der Waals surface area contributed by atoms with E-state index in [0.717, 1.165) is 30.2 Å². The molecule has 2 fully saturated rings. The monoisotopic (exact) mass is 467 g/mol. The van der Waals surface area contributed by atoms with Gasteiger partial charge in [0.25, 0.3) is 0 Å². The van der Waals surface area contributed by atoms with Crippen LogP contribution in [0, 0.1) is 0 Å². The second-order valence-corrected chi connectivity index (χ2v) is 8.26. The van der Waals surface area contributed by atoms with Crippen molar-refractivity contribution < 1.29 is 14.3 Å². The van der Waals surface area contributed by atoms with Gasteiger partial charge in [0.2, 0.25) is 5.91 Å². The molecule has 0 radical (unpaired) electrons. The zero-order valence-corrected chi connectivity index (χ0v) is 19.7. The molecule has 2 aromatic rings. The average Bonchev–Trinajstić information content (AvgIpc) is 2.89. The zero-order valence-electron chi connectivity index (χ0n) is 19.7. The van der Waals surface area contributed by atoms with Crippen molar-refractivity contribution in [3.63, 3.8) is 0 Å². The normalized spacial score (nSPS) is 16.8.